The Morgan fingerprint density at radius 3 is 2.48 bits per heavy atom. The Balaban J connectivity index is 1.98. The number of pyridine rings is 1. The van der Waals surface area contributed by atoms with Crippen molar-refractivity contribution < 1.29 is 8.42 Å². The number of nitrogens with zero attached hydrogens (tertiary/aromatic N) is 2. The zero-order chi connectivity index (χ0) is 17.4. The summed E-state index contributed by atoms with van der Waals surface area (Å²) in [6, 6.07) is 10.6. The minimum atomic E-state index is -3.70. The molecule has 1 aliphatic rings. The molecule has 0 unspecified atom stereocenters. The summed E-state index contributed by atoms with van der Waals surface area (Å²) in [5.74, 6) is 0.332. The molecule has 0 saturated heterocycles. The third-order valence-corrected chi connectivity index (χ3v) is 6.92. The average molecular weight is 355 g/mol. The Bertz CT molecular complexity index is 1000. The van der Waals surface area contributed by atoms with Crippen molar-refractivity contribution in [3.63, 3.8) is 0 Å². The summed E-state index contributed by atoms with van der Waals surface area (Å²) in [7, 11) is -3.70. The molecule has 1 saturated carbocycles. The van der Waals surface area contributed by atoms with E-state index in [0.717, 1.165) is 31.2 Å². The minimum absolute atomic E-state index is 0.187. The first-order chi connectivity index (χ1) is 12.1. The van der Waals surface area contributed by atoms with Crippen LogP contribution in [0.3, 0.4) is 0 Å². The summed E-state index contributed by atoms with van der Waals surface area (Å²) in [5, 5.41) is 0.606. The van der Waals surface area contributed by atoms with E-state index in [0.29, 0.717) is 11.2 Å². The molecule has 4 rings (SSSR count). The monoisotopic (exact) mass is 355 g/mol. The van der Waals surface area contributed by atoms with Crippen molar-refractivity contribution in [1.29, 1.82) is 0 Å². The minimum Gasteiger partial charge on any atom is -0.384 e. The molecule has 2 heterocycles. The lowest BCUT2D eigenvalue weighted by Gasteiger charge is -2.25. The summed E-state index contributed by atoms with van der Waals surface area (Å²) < 4.78 is 28.5. The maximum Gasteiger partial charge on any atom is 0.210 e. The Morgan fingerprint density at radius 2 is 1.76 bits per heavy atom. The fourth-order valence-electron chi connectivity index (χ4n) is 3.88. The van der Waals surface area contributed by atoms with Crippen LogP contribution in [0.1, 0.15) is 38.1 Å². The molecule has 2 N–H and O–H groups in total. The van der Waals surface area contributed by atoms with Gasteiger partial charge in [-0.05, 0) is 31.0 Å². The van der Waals surface area contributed by atoms with Gasteiger partial charge in [0.1, 0.15) is 10.7 Å². The van der Waals surface area contributed by atoms with Crippen molar-refractivity contribution in [2.75, 3.05) is 5.73 Å². The number of benzene rings is 1. The topological polar surface area (TPSA) is 78.0 Å². The van der Waals surface area contributed by atoms with Crippen molar-refractivity contribution in [2.45, 2.75) is 47.9 Å². The molecule has 1 aliphatic carbocycles. The molecular weight excluding hydrogens is 334 g/mol. The maximum atomic E-state index is 13.2. The van der Waals surface area contributed by atoms with Gasteiger partial charge in [0.25, 0.3) is 0 Å². The van der Waals surface area contributed by atoms with Crippen LogP contribution in [0, 0.1) is 0 Å². The molecule has 6 heteroatoms. The molecule has 3 aromatic rings. The van der Waals surface area contributed by atoms with E-state index >= 15 is 0 Å². The van der Waals surface area contributed by atoms with Crippen molar-refractivity contribution in [3.05, 3.63) is 48.8 Å². The molecule has 2 aromatic heterocycles. The molecule has 0 radical (unpaired) electrons. The van der Waals surface area contributed by atoms with Gasteiger partial charge in [-0.25, -0.2) is 8.42 Å². The van der Waals surface area contributed by atoms with Crippen LogP contribution in [-0.2, 0) is 9.84 Å². The molecule has 1 aromatic carbocycles. The SMILES string of the molecule is Nc1c(S(=O)(=O)c2ccccc2)c2cnccc2n1C1CCCCC1. The number of hydrogen-bond donors (Lipinski definition) is 1. The van der Waals surface area contributed by atoms with Gasteiger partial charge in [0, 0.05) is 23.8 Å². The number of nitrogen functional groups attached to an aromatic ring is 1. The number of fused-ring (bicyclic) bond motifs is 1. The molecule has 0 aliphatic heterocycles. The summed E-state index contributed by atoms with van der Waals surface area (Å²) >= 11 is 0. The second-order valence-electron chi connectivity index (χ2n) is 6.59. The van der Waals surface area contributed by atoms with Gasteiger partial charge in [0.2, 0.25) is 9.84 Å². The highest BCUT2D eigenvalue weighted by atomic mass is 32.2. The Hall–Kier alpha value is -2.34. The summed E-state index contributed by atoms with van der Waals surface area (Å²) in [4.78, 5) is 4.59. The van der Waals surface area contributed by atoms with Gasteiger partial charge >= 0.3 is 0 Å². The maximum absolute atomic E-state index is 13.2. The van der Waals surface area contributed by atoms with Gasteiger partial charge in [-0.2, -0.15) is 0 Å². The fourth-order valence-corrected chi connectivity index (χ4v) is 5.45. The van der Waals surface area contributed by atoms with Crippen LogP contribution in [0.15, 0.2) is 58.6 Å². The van der Waals surface area contributed by atoms with E-state index in [1.807, 2.05) is 10.6 Å². The second kappa shape index (κ2) is 6.19. The molecule has 0 bridgehead atoms. The van der Waals surface area contributed by atoms with Gasteiger partial charge < -0.3 is 10.3 Å². The Labute approximate surface area is 147 Å². The highest BCUT2D eigenvalue weighted by Gasteiger charge is 2.30. The van der Waals surface area contributed by atoms with Crippen LogP contribution in [-0.4, -0.2) is 18.0 Å². The lowest BCUT2D eigenvalue weighted by Crippen LogP contribution is -2.15. The third-order valence-electron chi connectivity index (χ3n) is 5.06. The number of nitrogens with two attached hydrogens (primary N) is 1. The number of sulfone groups is 1. The van der Waals surface area contributed by atoms with Crippen molar-refractivity contribution in [1.82, 2.24) is 9.55 Å². The summed E-state index contributed by atoms with van der Waals surface area (Å²) in [6.45, 7) is 0. The van der Waals surface area contributed by atoms with E-state index in [1.165, 1.54) is 6.42 Å². The predicted molar refractivity (Wildman–Crippen MR) is 98.2 cm³/mol. The molecule has 25 heavy (non-hydrogen) atoms. The largest absolute Gasteiger partial charge is 0.384 e. The van der Waals surface area contributed by atoms with Crippen LogP contribution in [0.2, 0.25) is 0 Å². The van der Waals surface area contributed by atoms with Crippen molar-refractivity contribution in [3.8, 4) is 0 Å². The first-order valence-corrected chi connectivity index (χ1v) is 10.1. The smallest absolute Gasteiger partial charge is 0.210 e. The number of hydrogen-bond acceptors (Lipinski definition) is 4. The van der Waals surface area contributed by atoms with Crippen LogP contribution in [0.25, 0.3) is 10.9 Å². The first-order valence-electron chi connectivity index (χ1n) is 8.64. The molecule has 0 atom stereocenters. The fraction of sp³-hybridized carbons (Fsp3) is 0.316. The Morgan fingerprint density at radius 1 is 1.04 bits per heavy atom. The molecular formula is C19H21N3O2S. The molecule has 5 nitrogen and oxygen atoms in total. The molecule has 1 fully saturated rings. The van der Waals surface area contributed by atoms with Crippen LogP contribution in [0.4, 0.5) is 5.82 Å². The van der Waals surface area contributed by atoms with Crippen LogP contribution >= 0.6 is 0 Å². The van der Waals surface area contributed by atoms with Gasteiger partial charge in [-0.3, -0.25) is 4.98 Å². The third kappa shape index (κ3) is 2.61. The number of anilines is 1. The number of aromatic nitrogens is 2. The van der Waals surface area contributed by atoms with E-state index in [4.69, 9.17) is 5.73 Å². The van der Waals surface area contributed by atoms with Crippen LogP contribution in [0.5, 0.6) is 0 Å². The quantitative estimate of drug-likeness (QED) is 0.771. The highest BCUT2D eigenvalue weighted by Crippen LogP contribution is 2.40. The van der Waals surface area contributed by atoms with Gasteiger partial charge in [0.05, 0.1) is 10.4 Å². The molecule has 0 spiro atoms. The lowest BCUT2D eigenvalue weighted by molar-refractivity contribution is 0.363. The van der Waals surface area contributed by atoms with E-state index in [-0.39, 0.29) is 15.8 Å². The van der Waals surface area contributed by atoms with E-state index in [1.54, 1.807) is 42.7 Å². The summed E-state index contributed by atoms with van der Waals surface area (Å²) in [5.41, 5.74) is 7.28. The summed E-state index contributed by atoms with van der Waals surface area (Å²) in [6.07, 6.45) is 8.89. The average Bonchev–Trinajstić information content (AvgIpc) is 2.95. The van der Waals surface area contributed by atoms with Crippen LogP contribution < -0.4 is 5.73 Å². The normalized spacial score (nSPS) is 16.3. The van der Waals surface area contributed by atoms with Gasteiger partial charge in [-0.1, -0.05) is 37.5 Å². The zero-order valence-electron chi connectivity index (χ0n) is 13.9. The van der Waals surface area contributed by atoms with Crippen molar-refractivity contribution in [2.24, 2.45) is 0 Å². The van der Waals surface area contributed by atoms with Gasteiger partial charge in [0.15, 0.2) is 0 Å². The van der Waals surface area contributed by atoms with E-state index < -0.39 is 9.84 Å². The standard InChI is InChI=1S/C19H21N3O2S/c20-19-18(25(23,24)15-9-5-2-6-10-15)16-13-21-12-11-17(16)22(19)14-7-3-1-4-8-14/h2,5-6,9-14H,1,3-4,7-8,20H2. The lowest BCUT2D eigenvalue weighted by atomic mass is 9.95. The zero-order valence-corrected chi connectivity index (χ0v) is 14.7. The predicted octanol–water partition coefficient (Wildman–Crippen LogP) is 3.96. The molecule has 0 amide bonds. The number of rotatable bonds is 3. The van der Waals surface area contributed by atoms with Crippen molar-refractivity contribution >= 4 is 26.6 Å². The highest BCUT2D eigenvalue weighted by molar-refractivity contribution is 7.92. The Kier molecular flexibility index (Phi) is 4.00. The van der Waals surface area contributed by atoms with Gasteiger partial charge in [-0.15, -0.1) is 0 Å². The van der Waals surface area contributed by atoms with E-state index in [9.17, 15) is 8.42 Å². The second-order valence-corrected chi connectivity index (χ2v) is 8.47. The first kappa shape index (κ1) is 16.1. The molecule has 130 valence electrons. The van der Waals surface area contributed by atoms with E-state index in [2.05, 4.69) is 4.98 Å².